The molecule has 0 saturated heterocycles. The molecule has 1 aromatic carbocycles. The van der Waals surface area contributed by atoms with Crippen LogP contribution in [0.25, 0.3) is 6.08 Å². The molecule has 0 unspecified atom stereocenters. The number of hydrogen-bond donors (Lipinski definition) is 0. The number of allylic oxidation sites excluding steroid dienone is 1. The van der Waals surface area contributed by atoms with Gasteiger partial charge in [0.2, 0.25) is 6.29 Å². The standard InChI is InChI=1S/C12H13O2/c1-2-9-14-12-7-3-5-11(10-12)6-4-8-13/h3-7,10H,2,9H2,1H3. The Balaban J connectivity index is 2.68. The van der Waals surface area contributed by atoms with E-state index in [0.29, 0.717) is 6.61 Å². The second kappa shape index (κ2) is 5.97. The Morgan fingerprint density at radius 2 is 2.36 bits per heavy atom. The van der Waals surface area contributed by atoms with Crippen molar-refractivity contribution in [3.63, 3.8) is 0 Å². The summed E-state index contributed by atoms with van der Waals surface area (Å²) in [5.41, 5.74) is 0.946. The second-order valence-corrected chi connectivity index (χ2v) is 2.87. The smallest absolute Gasteiger partial charge is 0.225 e. The Bertz CT molecular complexity index is 316. The SMILES string of the molecule is CCCOc1cccc(C=C[C]=O)c1. The van der Waals surface area contributed by atoms with E-state index >= 15 is 0 Å². The van der Waals surface area contributed by atoms with E-state index < -0.39 is 0 Å². The van der Waals surface area contributed by atoms with Crippen LogP contribution in [0.3, 0.4) is 0 Å². The van der Waals surface area contributed by atoms with E-state index in [9.17, 15) is 4.79 Å². The van der Waals surface area contributed by atoms with Gasteiger partial charge in [-0.05, 0) is 30.2 Å². The van der Waals surface area contributed by atoms with E-state index in [1.807, 2.05) is 24.3 Å². The molecule has 0 bridgehead atoms. The van der Waals surface area contributed by atoms with Gasteiger partial charge in [0.15, 0.2) is 0 Å². The van der Waals surface area contributed by atoms with Crippen LogP contribution < -0.4 is 4.74 Å². The van der Waals surface area contributed by atoms with Crippen LogP contribution >= 0.6 is 0 Å². The molecule has 0 spiro atoms. The molecule has 0 saturated carbocycles. The van der Waals surface area contributed by atoms with Crippen molar-refractivity contribution in [2.75, 3.05) is 6.61 Å². The number of rotatable bonds is 5. The van der Waals surface area contributed by atoms with Crippen molar-refractivity contribution < 1.29 is 9.53 Å². The highest BCUT2D eigenvalue weighted by Crippen LogP contribution is 2.14. The first kappa shape index (κ1) is 10.5. The average Bonchev–Trinajstić information content (AvgIpc) is 2.24. The van der Waals surface area contributed by atoms with E-state index in [-0.39, 0.29) is 0 Å². The molecule has 73 valence electrons. The summed E-state index contributed by atoms with van der Waals surface area (Å²) in [4.78, 5) is 9.99. The van der Waals surface area contributed by atoms with Crippen molar-refractivity contribution in [3.05, 3.63) is 35.9 Å². The zero-order chi connectivity index (χ0) is 10.2. The molecule has 14 heavy (non-hydrogen) atoms. The van der Waals surface area contributed by atoms with Crippen molar-refractivity contribution >= 4 is 12.4 Å². The summed E-state index contributed by atoms with van der Waals surface area (Å²) < 4.78 is 5.44. The maximum atomic E-state index is 9.99. The maximum Gasteiger partial charge on any atom is 0.225 e. The van der Waals surface area contributed by atoms with Crippen molar-refractivity contribution in [1.82, 2.24) is 0 Å². The van der Waals surface area contributed by atoms with Gasteiger partial charge in [0.1, 0.15) is 5.75 Å². The Morgan fingerprint density at radius 1 is 1.50 bits per heavy atom. The van der Waals surface area contributed by atoms with Gasteiger partial charge < -0.3 is 4.74 Å². The summed E-state index contributed by atoms with van der Waals surface area (Å²) in [6, 6.07) is 7.60. The second-order valence-electron chi connectivity index (χ2n) is 2.87. The van der Waals surface area contributed by atoms with E-state index in [1.54, 1.807) is 12.4 Å². The first-order valence-corrected chi connectivity index (χ1v) is 4.64. The van der Waals surface area contributed by atoms with Crippen molar-refractivity contribution in [3.8, 4) is 5.75 Å². The van der Waals surface area contributed by atoms with Crippen LogP contribution in [0.4, 0.5) is 0 Å². The highest BCUT2D eigenvalue weighted by atomic mass is 16.5. The topological polar surface area (TPSA) is 26.3 Å². The first-order chi connectivity index (χ1) is 6.86. The summed E-state index contributed by atoms with van der Waals surface area (Å²) in [7, 11) is 0. The van der Waals surface area contributed by atoms with Crippen molar-refractivity contribution in [2.24, 2.45) is 0 Å². The van der Waals surface area contributed by atoms with Crippen molar-refractivity contribution in [2.45, 2.75) is 13.3 Å². The van der Waals surface area contributed by atoms with Gasteiger partial charge >= 0.3 is 0 Å². The summed E-state index contributed by atoms with van der Waals surface area (Å²) in [5, 5.41) is 0. The summed E-state index contributed by atoms with van der Waals surface area (Å²) >= 11 is 0. The molecule has 0 aliphatic rings. The number of carbonyl (C=O) groups excluding carboxylic acids is 1. The lowest BCUT2D eigenvalue weighted by Gasteiger charge is -2.04. The van der Waals surface area contributed by atoms with Gasteiger partial charge in [-0.3, -0.25) is 4.79 Å². The molecular weight excluding hydrogens is 176 g/mol. The van der Waals surface area contributed by atoms with Gasteiger partial charge in [0.25, 0.3) is 0 Å². The first-order valence-electron chi connectivity index (χ1n) is 4.64. The van der Waals surface area contributed by atoms with Gasteiger partial charge in [0, 0.05) is 0 Å². The molecule has 0 amide bonds. The zero-order valence-corrected chi connectivity index (χ0v) is 8.19. The van der Waals surface area contributed by atoms with Gasteiger partial charge in [-0.15, -0.1) is 0 Å². The van der Waals surface area contributed by atoms with Gasteiger partial charge in [-0.25, -0.2) is 0 Å². The van der Waals surface area contributed by atoms with Crippen molar-refractivity contribution in [1.29, 1.82) is 0 Å². The van der Waals surface area contributed by atoms with E-state index in [2.05, 4.69) is 6.92 Å². The number of hydrogen-bond acceptors (Lipinski definition) is 2. The molecule has 2 heteroatoms. The average molecular weight is 189 g/mol. The highest BCUT2D eigenvalue weighted by Gasteiger charge is 1.92. The summed E-state index contributed by atoms with van der Waals surface area (Å²) in [6.07, 6.45) is 5.74. The lowest BCUT2D eigenvalue weighted by molar-refractivity contribution is 0.317. The van der Waals surface area contributed by atoms with E-state index in [1.165, 1.54) is 6.08 Å². The molecule has 0 N–H and O–H groups in total. The monoisotopic (exact) mass is 189 g/mol. The fourth-order valence-electron chi connectivity index (χ4n) is 1.06. The predicted molar refractivity (Wildman–Crippen MR) is 57.0 cm³/mol. The van der Waals surface area contributed by atoms with Crippen LogP contribution in [0, 0.1) is 0 Å². The molecule has 0 aromatic heterocycles. The van der Waals surface area contributed by atoms with Crippen LogP contribution in [-0.2, 0) is 4.79 Å². The highest BCUT2D eigenvalue weighted by molar-refractivity contribution is 5.74. The minimum Gasteiger partial charge on any atom is -0.494 e. The Labute approximate surface area is 84.2 Å². The minimum absolute atomic E-state index is 0.715. The van der Waals surface area contributed by atoms with Crippen LogP contribution in [0.2, 0.25) is 0 Å². The largest absolute Gasteiger partial charge is 0.494 e. The van der Waals surface area contributed by atoms with Crippen LogP contribution in [-0.4, -0.2) is 12.9 Å². The third kappa shape index (κ3) is 3.44. The van der Waals surface area contributed by atoms with Crippen LogP contribution in [0.15, 0.2) is 30.3 Å². The normalized spacial score (nSPS) is 10.4. The minimum atomic E-state index is 0.715. The number of benzene rings is 1. The third-order valence-electron chi connectivity index (χ3n) is 1.67. The number of ether oxygens (including phenoxy) is 1. The summed E-state index contributed by atoms with van der Waals surface area (Å²) in [6.45, 7) is 2.78. The molecule has 2 nitrogen and oxygen atoms in total. The fourth-order valence-corrected chi connectivity index (χ4v) is 1.06. The maximum absolute atomic E-state index is 9.99. The third-order valence-corrected chi connectivity index (χ3v) is 1.67. The molecule has 0 fully saturated rings. The quantitative estimate of drug-likeness (QED) is 0.665. The molecule has 1 radical (unpaired) electrons. The Morgan fingerprint density at radius 3 is 3.07 bits per heavy atom. The molecule has 0 heterocycles. The van der Waals surface area contributed by atoms with Gasteiger partial charge in [-0.1, -0.05) is 25.1 Å². The molecule has 1 rings (SSSR count). The van der Waals surface area contributed by atoms with Gasteiger partial charge in [0.05, 0.1) is 6.61 Å². The molecular formula is C12H13O2. The van der Waals surface area contributed by atoms with Crippen LogP contribution in [0.1, 0.15) is 18.9 Å². The predicted octanol–water partition coefficient (Wildman–Crippen LogP) is 2.60. The van der Waals surface area contributed by atoms with Crippen LogP contribution in [0.5, 0.6) is 5.75 Å². The summed E-state index contributed by atoms with van der Waals surface area (Å²) in [5.74, 6) is 0.833. The molecule has 0 atom stereocenters. The molecule has 1 aromatic rings. The molecule has 0 aliphatic carbocycles. The Hall–Kier alpha value is -1.57. The lowest BCUT2D eigenvalue weighted by atomic mass is 10.2. The van der Waals surface area contributed by atoms with Gasteiger partial charge in [-0.2, -0.15) is 0 Å². The Kier molecular flexibility index (Phi) is 4.48. The van der Waals surface area contributed by atoms with E-state index in [4.69, 9.17) is 4.74 Å². The zero-order valence-electron chi connectivity index (χ0n) is 8.19. The molecule has 0 aliphatic heterocycles. The fraction of sp³-hybridized carbons (Fsp3) is 0.250. The van der Waals surface area contributed by atoms with E-state index in [0.717, 1.165) is 17.7 Å². The lowest BCUT2D eigenvalue weighted by Crippen LogP contribution is -1.94.